The Labute approximate surface area is 99.0 Å². The van der Waals surface area contributed by atoms with Gasteiger partial charge in [-0.2, -0.15) is 5.10 Å². The fraction of sp³-hybridized carbons (Fsp3) is 0.500. The predicted octanol–water partition coefficient (Wildman–Crippen LogP) is 0.558. The lowest BCUT2D eigenvalue weighted by molar-refractivity contribution is 0.312. The van der Waals surface area contributed by atoms with E-state index < -0.39 is 0 Å². The maximum atomic E-state index is 12.1. The van der Waals surface area contributed by atoms with Crippen molar-refractivity contribution in [2.24, 2.45) is 7.05 Å². The van der Waals surface area contributed by atoms with Crippen LogP contribution in [-0.4, -0.2) is 33.3 Å². The summed E-state index contributed by atoms with van der Waals surface area (Å²) in [5.41, 5.74) is 3.97. The molecule has 17 heavy (non-hydrogen) atoms. The van der Waals surface area contributed by atoms with Crippen LogP contribution in [-0.2, 0) is 20.0 Å². The van der Waals surface area contributed by atoms with Crippen molar-refractivity contribution < 1.29 is 0 Å². The lowest BCUT2D eigenvalue weighted by atomic mass is 9.98. The number of pyridine rings is 1. The van der Waals surface area contributed by atoms with Crippen molar-refractivity contribution in [3.63, 3.8) is 0 Å². The van der Waals surface area contributed by atoms with E-state index in [2.05, 4.69) is 15.0 Å². The molecule has 2 aromatic rings. The molecule has 0 saturated heterocycles. The summed E-state index contributed by atoms with van der Waals surface area (Å²) >= 11 is 0. The second-order valence-corrected chi connectivity index (χ2v) is 4.83. The Morgan fingerprint density at radius 1 is 1.29 bits per heavy atom. The van der Waals surface area contributed by atoms with E-state index in [4.69, 9.17) is 0 Å². The summed E-state index contributed by atoms with van der Waals surface area (Å²) in [5.74, 6) is 0. The van der Waals surface area contributed by atoms with Crippen LogP contribution in [0, 0.1) is 6.92 Å². The van der Waals surface area contributed by atoms with Crippen molar-refractivity contribution in [1.82, 2.24) is 19.7 Å². The van der Waals surface area contributed by atoms with Gasteiger partial charge in [-0.15, -0.1) is 0 Å². The number of likely N-dealkylation sites (N-methyl/N-ethyl adjacent to an activating group) is 1. The number of aromatic nitrogens is 3. The highest BCUT2D eigenvalue weighted by molar-refractivity contribution is 5.83. The first-order valence-corrected chi connectivity index (χ1v) is 5.84. The van der Waals surface area contributed by atoms with Gasteiger partial charge >= 0.3 is 0 Å². The van der Waals surface area contributed by atoms with Crippen LogP contribution < -0.4 is 5.56 Å². The second kappa shape index (κ2) is 3.43. The maximum Gasteiger partial charge on any atom is 0.254 e. The van der Waals surface area contributed by atoms with E-state index in [1.54, 1.807) is 4.68 Å². The molecule has 5 heteroatoms. The lowest BCUT2D eigenvalue weighted by Crippen LogP contribution is -2.32. The van der Waals surface area contributed by atoms with Crippen LogP contribution >= 0.6 is 0 Å². The fourth-order valence-electron chi connectivity index (χ4n) is 2.73. The van der Waals surface area contributed by atoms with Crippen LogP contribution in [0.25, 0.3) is 11.0 Å². The fourth-order valence-corrected chi connectivity index (χ4v) is 2.73. The smallest absolute Gasteiger partial charge is 0.254 e. The first kappa shape index (κ1) is 10.5. The molecule has 0 spiro atoms. The van der Waals surface area contributed by atoms with Gasteiger partial charge in [0.2, 0.25) is 0 Å². The lowest BCUT2D eigenvalue weighted by Gasteiger charge is -2.24. The summed E-state index contributed by atoms with van der Waals surface area (Å²) in [5, 5.41) is 5.53. The van der Waals surface area contributed by atoms with Gasteiger partial charge in [0.05, 0.1) is 5.69 Å². The Kier molecular flexibility index (Phi) is 2.13. The molecular weight excluding hydrogens is 216 g/mol. The average molecular weight is 232 g/mol. The van der Waals surface area contributed by atoms with Crippen LogP contribution in [0.5, 0.6) is 0 Å². The first-order valence-electron chi connectivity index (χ1n) is 5.84. The quantitative estimate of drug-likeness (QED) is 0.722. The molecule has 90 valence electrons. The van der Waals surface area contributed by atoms with Crippen LogP contribution in [0.3, 0.4) is 0 Å². The number of hydrogen-bond acceptors (Lipinski definition) is 3. The van der Waals surface area contributed by atoms with Crippen LogP contribution in [0.1, 0.15) is 16.8 Å². The van der Waals surface area contributed by atoms with Gasteiger partial charge in [-0.05, 0) is 26.0 Å². The zero-order chi connectivity index (χ0) is 12.2. The number of hydrogen-bond donors (Lipinski definition) is 1. The van der Waals surface area contributed by atoms with E-state index in [9.17, 15) is 4.79 Å². The highest BCUT2D eigenvalue weighted by Gasteiger charge is 2.22. The van der Waals surface area contributed by atoms with Crippen molar-refractivity contribution in [1.29, 1.82) is 0 Å². The van der Waals surface area contributed by atoms with Crippen molar-refractivity contribution in [3.8, 4) is 0 Å². The number of nitrogens with zero attached hydrogens (tertiary/aromatic N) is 3. The van der Waals surface area contributed by atoms with Gasteiger partial charge in [-0.1, -0.05) is 0 Å². The molecule has 1 aliphatic rings. The molecule has 0 unspecified atom stereocenters. The summed E-state index contributed by atoms with van der Waals surface area (Å²) in [6.07, 6.45) is 0.929. The van der Waals surface area contributed by atoms with Crippen molar-refractivity contribution in [2.75, 3.05) is 13.6 Å². The van der Waals surface area contributed by atoms with Crippen LogP contribution in [0.2, 0.25) is 0 Å². The molecule has 1 N–H and O–H groups in total. The van der Waals surface area contributed by atoms with E-state index in [-0.39, 0.29) is 5.56 Å². The van der Waals surface area contributed by atoms with E-state index in [1.165, 1.54) is 5.56 Å². The summed E-state index contributed by atoms with van der Waals surface area (Å²) in [6, 6.07) is 0. The predicted molar refractivity (Wildman–Crippen MR) is 66.1 cm³/mol. The minimum Gasteiger partial charge on any atom is -0.306 e. The number of aryl methyl sites for hydroxylation is 2. The van der Waals surface area contributed by atoms with Crippen molar-refractivity contribution in [2.45, 2.75) is 19.9 Å². The van der Waals surface area contributed by atoms with E-state index in [1.807, 2.05) is 21.0 Å². The van der Waals surface area contributed by atoms with Gasteiger partial charge in [-0.3, -0.25) is 9.48 Å². The largest absolute Gasteiger partial charge is 0.306 e. The number of H-pyrrole nitrogens is 1. The first-order chi connectivity index (χ1) is 8.08. The molecule has 1 aliphatic heterocycles. The van der Waals surface area contributed by atoms with Crippen molar-refractivity contribution >= 4 is 11.0 Å². The zero-order valence-electron chi connectivity index (χ0n) is 10.4. The van der Waals surface area contributed by atoms with Gasteiger partial charge in [0.25, 0.3) is 5.56 Å². The molecular formula is C12H16N4O. The van der Waals surface area contributed by atoms with Gasteiger partial charge in [-0.25, -0.2) is 0 Å². The molecule has 3 heterocycles. The topological polar surface area (TPSA) is 53.9 Å². The van der Waals surface area contributed by atoms with Crippen LogP contribution in [0.15, 0.2) is 4.79 Å². The average Bonchev–Trinajstić information content (AvgIpc) is 2.55. The Bertz CT molecular complexity index is 653. The number of aromatic amines is 1. The maximum absolute atomic E-state index is 12.1. The number of fused-ring (bicyclic) bond motifs is 3. The highest BCUT2D eigenvalue weighted by Crippen LogP contribution is 2.25. The Morgan fingerprint density at radius 3 is 2.82 bits per heavy atom. The summed E-state index contributed by atoms with van der Waals surface area (Å²) < 4.78 is 1.75. The Hall–Kier alpha value is -1.62. The molecule has 0 atom stereocenters. The number of nitrogens with one attached hydrogen (secondary N) is 1. The molecule has 0 aromatic carbocycles. The van der Waals surface area contributed by atoms with E-state index >= 15 is 0 Å². The second-order valence-electron chi connectivity index (χ2n) is 4.83. The Balaban J connectivity index is 2.41. The molecule has 0 saturated carbocycles. The van der Waals surface area contributed by atoms with Gasteiger partial charge in [0.15, 0.2) is 0 Å². The molecule has 0 aliphatic carbocycles. The molecule has 3 rings (SSSR count). The molecule has 0 bridgehead atoms. The highest BCUT2D eigenvalue weighted by atomic mass is 16.1. The molecule has 0 amide bonds. The van der Waals surface area contributed by atoms with Gasteiger partial charge < -0.3 is 9.88 Å². The summed E-state index contributed by atoms with van der Waals surface area (Å²) in [7, 11) is 3.91. The third kappa shape index (κ3) is 1.42. The third-order valence-corrected chi connectivity index (χ3v) is 3.57. The molecule has 0 fully saturated rings. The summed E-state index contributed by atoms with van der Waals surface area (Å²) in [4.78, 5) is 17.2. The SMILES string of the molecule is Cc1nn(C)c2[nH]c(=O)c3c(c12)CCN(C)C3. The Morgan fingerprint density at radius 2 is 2.06 bits per heavy atom. The van der Waals surface area contributed by atoms with Crippen LogP contribution in [0.4, 0.5) is 0 Å². The monoisotopic (exact) mass is 232 g/mol. The van der Waals surface area contributed by atoms with Gasteiger partial charge in [0, 0.05) is 31.1 Å². The van der Waals surface area contributed by atoms with Crippen molar-refractivity contribution in [3.05, 3.63) is 27.2 Å². The third-order valence-electron chi connectivity index (χ3n) is 3.57. The molecule has 0 radical (unpaired) electrons. The zero-order valence-corrected chi connectivity index (χ0v) is 10.4. The normalized spacial score (nSPS) is 16.4. The minimum atomic E-state index is 0.0297. The van der Waals surface area contributed by atoms with Gasteiger partial charge in [0.1, 0.15) is 5.65 Å². The molecule has 2 aromatic heterocycles. The van der Waals surface area contributed by atoms with E-state index in [0.29, 0.717) is 0 Å². The standard InChI is InChI=1S/C12H16N4O/c1-7-10-8-4-5-15(2)6-9(8)12(17)13-11(10)16(3)14-7/h4-6H2,1-3H3,(H,13,17). The van der Waals surface area contributed by atoms with E-state index in [0.717, 1.165) is 41.8 Å². The number of rotatable bonds is 0. The molecule has 5 nitrogen and oxygen atoms in total. The summed E-state index contributed by atoms with van der Waals surface area (Å²) in [6.45, 7) is 3.73. The minimum absolute atomic E-state index is 0.0297.